The molecular weight excluding hydrogens is 222 g/mol. The second-order valence-corrected chi connectivity index (χ2v) is 3.89. The summed E-state index contributed by atoms with van der Waals surface area (Å²) < 4.78 is 1.80. The largest absolute Gasteiger partial charge is 0.236 e. The first kappa shape index (κ1) is 9.36. The van der Waals surface area contributed by atoms with E-state index in [1.807, 2.05) is 36.5 Å². The topological polar surface area (TPSA) is 30.7 Å². The van der Waals surface area contributed by atoms with Crippen LogP contribution in [0.5, 0.6) is 0 Å². The second-order valence-electron chi connectivity index (χ2n) is 3.45. The maximum atomic E-state index is 5.80. The van der Waals surface area contributed by atoms with E-state index in [9.17, 15) is 0 Å². The van der Waals surface area contributed by atoms with Crippen LogP contribution in [0.1, 0.15) is 0 Å². The average molecular weight is 230 g/mol. The maximum Gasteiger partial charge on any atom is 0.154 e. The molecule has 0 atom stereocenters. The Kier molecular flexibility index (Phi) is 2.11. The van der Waals surface area contributed by atoms with E-state index >= 15 is 0 Å². The van der Waals surface area contributed by atoms with Crippen LogP contribution in [-0.4, -0.2) is 14.8 Å². The van der Waals surface area contributed by atoms with Crippen molar-refractivity contribution in [3.63, 3.8) is 0 Å². The highest BCUT2D eigenvalue weighted by molar-refractivity contribution is 6.30. The minimum atomic E-state index is 0.625. The number of halogens is 1. The Labute approximate surface area is 97.3 Å². The van der Waals surface area contributed by atoms with Crippen molar-refractivity contribution in [1.82, 2.24) is 14.8 Å². The number of benzene rings is 1. The molecule has 0 saturated heterocycles. The molecule has 2 heterocycles. The summed E-state index contributed by atoms with van der Waals surface area (Å²) in [7, 11) is 0. The number of aromatic nitrogens is 3. The smallest absolute Gasteiger partial charge is 0.154 e. The van der Waals surface area contributed by atoms with Gasteiger partial charge in [0.15, 0.2) is 5.82 Å². The van der Waals surface area contributed by atoms with Crippen LogP contribution in [0, 0.1) is 0 Å². The Bertz CT molecular complexity index is 628. The molecule has 78 valence electrons. The quantitative estimate of drug-likeness (QED) is 0.642. The SMILES string of the molecule is Clc1ccc(-n2ncc3ccccc32)nc1. The Morgan fingerprint density at radius 1 is 1.00 bits per heavy atom. The van der Waals surface area contributed by atoms with Gasteiger partial charge in [0.1, 0.15) is 0 Å². The highest BCUT2D eigenvalue weighted by Gasteiger charge is 2.04. The lowest BCUT2D eigenvalue weighted by molar-refractivity contribution is 0.875. The molecule has 3 aromatic rings. The number of pyridine rings is 1. The Morgan fingerprint density at radius 3 is 2.69 bits per heavy atom. The zero-order valence-electron chi connectivity index (χ0n) is 8.34. The first-order valence-electron chi connectivity index (χ1n) is 4.89. The molecule has 1 aromatic carbocycles. The first-order valence-corrected chi connectivity index (χ1v) is 5.27. The Balaban J connectivity index is 2.22. The third-order valence-electron chi connectivity index (χ3n) is 2.41. The molecule has 16 heavy (non-hydrogen) atoms. The number of para-hydroxylation sites is 1. The van der Waals surface area contributed by atoms with E-state index in [-0.39, 0.29) is 0 Å². The normalized spacial score (nSPS) is 10.8. The minimum absolute atomic E-state index is 0.625. The molecule has 0 unspecified atom stereocenters. The van der Waals surface area contributed by atoms with Gasteiger partial charge in [-0.3, -0.25) is 0 Å². The summed E-state index contributed by atoms with van der Waals surface area (Å²) in [6.07, 6.45) is 3.44. The van der Waals surface area contributed by atoms with Crippen LogP contribution >= 0.6 is 11.6 Å². The Morgan fingerprint density at radius 2 is 1.88 bits per heavy atom. The van der Waals surface area contributed by atoms with Crippen LogP contribution in [0.15, 0.2) is 48.8 Å². The number of hydrogen-bond donors (Lipinski definition) is 0. The van der Waals surface area contributed by atoms with Crippen molar-refractivity contribution >= 4 is 22.5 Å². The van der Waals surface area contributed by atoms with Gasteiger partial charge in [0.25, 0.3) is 0 Å². The summed E-state index contributed by atoms with van der Waals surface area (Å²) in [5.74, 6) is 0.769. The molecule has 3 nitrogen and oxygen atoms in total. The maximum absolute atomic E-state index is 5.80. The van der Waals surface area contributed by atoms with Gasteiger partial charge in [-0.2, -0.15) is 5.10 Å². The number of rotatable bonds is 1. The minimum Gasteiger partial charge on any atom is -0.236 e. The molecule has 0 fully saturated rings. The van der Waals surface area contributed by atoms with Gasteiger partial charge < -0.3 is 0 Å². The van der Waals surface area contributed by atoms with Gasteiger partial charge in [-0.15, -0.1) is 0 Å². The lowest BCUT2D eigenvalue weighted by Crippen LogP contribution is -1.98. The molecule has 3 rings (SSSR count). The predicted molar refractivity (Wildman–Crippen MR) is 63.9 cm³/mol. The van der Waals surface area contributed by atoms with E-state index in [1.54, 1.807) is 16.9 Å². The van der Waals surface area contributed by atoms with Crippen LogP contribution in [0.4, 0.5) is 0 Å². The van der Waals surface area contributed by atoms with Crippen molar-refractivity contribution in [3.8, 4) is 5.82 Å². The van der Waals surface area contributed by atoms with Crippen molar-refractivity contribution in [2.45, 2.75) is 0 Å². The number of nitrogens with zero attached hydrogens (tertiary/aromatic N) is 3. The molecule has 0 aliphatic rings. The van der Waals surface area contributed by atoms with Crippen LogP contribution in [0.2, 0.25) is 5.02 Å². The van der Waals surface area contributed by atoms with Gasteiger partial charge in [-0.1, -0.05) is 29.8 Å². The molecule has 4 heteroatoms. The van der Waals surface area contributed by atoms with Crippen molar-refractivity contribution in [2.75, 3.05) is 0 Å². The monoisotopic (exact) mass is 229 g/mol. The molecular formula is C12H8ClN3. The molecule has 0 radical (unpaired) electrons. The molecule has 0 N–H and O–H groups in total. The van der Waals surface area contributed by atoms with Gasteiger partial charge in [0.2, 0.25) is 0 Å². The number of fused-ring (bicyclic) bond motifs is 1. The van der Waals surface area contributed by atoms with E-state index < -0.39 is 0 Å². The van der Waals surface area contributed by atoms with Crippen molar-refractivity contribution < 1.29 is 0 Å². The second kappa shape index (κ2) is 3.61. The standard InChI is InChI=1S/C12H8ClN3/c13-10-5-6-12(14-8-10)16-11-4-2-1-3-9(11)7-15-16/h1-8H. The zero-order valence-corrected chi connectivity index (χ0v) is 9.09. The summed E-state index contributed by atoms with van der Waals surface area (Å²) in [4.78, 5) is 4.24. The van der Waals surface area contributed by atoms with E-state index in [0.717, 1.165) is 16.7 Å². The van der Waals surface area contributed by atoms with Crippen molar-refractivity contribution in [3.05, 3.63) is 53.8 Å². The lowest BCUT2D eigenvalue weighted by Gasteiger charge is -2.01. The fourth-order valence-electron chi connectivity index (χ4n) is 1.65. The highest BCUT2D eigenvalue weighted by Crippen LogP contribution is 2.17. The van der Waals surface area contributed by atoms with Crippen LogP contribution in [-0.2, 0) is 0 Å². The van der Waals surface area contributed by atoms with Crippen molar-refractivity contribution in [1.29, 1.82) is 0 Å². The fraction of sp³-hybridized carbons (Fsp3) is 0. The van der Waals surface area contributed by atoms with E-state index in [0.29, 0.717) is 5.02 Å². The zero-order chi connectivity index (χ0) is 11.0. The lowest BCUT2D eigenvalue weighted by atomic mass is 10.2. The van der Waals surface area contributed by atoms with Gasteiger partial charge in [0.05, 0.1) is 16.7 Å². The molecule has 0 aliphatic heterocycles. The van der Waals surface area contributed by atoms with Crippen LogP contribution < -0.4 is 0 Å². The van der Waals surface area contributed by atoms with Crippen LogP contribution in [0.3, 0.4) is 0 Å². The summed E-state index contributed by atoms with van der Waals surface area (Å²) in [6.45, 7) is 0. The van der Waals surface area contributed by atoms with Gasteiger partial charge in [-0.25, -0.2) is 9.67 Å². The molecule has 0 bridgehead atoms. The molecule has 0 aliphatic carbocycles. The van der Waals surface area contributed by atoms with E-state index in [2.05, 4.69) is 10.1 Å². The summed E-state index contributed by atoms with van der Waals surface area (Å²) in [5.41, 5.74) is 1.04. The summed E-state index contributed by atoms with van der Waals surface area (Å²) >= 11 is 5.80. The molecule has 2 aromatic heterocycles. The first-order chi connectivity index (χ1) is 7.84. The third kappa shape index (κ3) is 1.46. The Hall–Kier alpha value is -1.87. The molecule has 0 saturated carbocycles. The van der Waals surface area contributed by atoms with E-state index in [1.165, 1.54) is 0 Å². The van der Waals surface area contributed by atoms with E-state index in [4.69, 9.17) is 11.6 Å². The third-order valence-corrected chi connectivity index (χ3v) is 2.63. The average Bonchev–Trinajstić information content (AvgIpc) is 2.74. The fourth-order valence-corrected chi connectivity index (χ4v) is 1.76. The van der Waals surface area contributed by atoms with Gasteiger partial charge in [-0.05, 0) is 18.2 Å². The van der Waals surface area contributed by atoms with Gasteiger partial charge >= 0.3 is 0 Å². The molecule has 0 spiro atoms. The highest BCUT2D eigenvalue weighted by atomic mass is 35.5. The van der Waals surface area contributed by atoms with Crippen molar-refractivity contribution in [2.24, 2.45) is 0 Å². The number of hydrogen-bond acceptors (Lipinski definition) is 2. The predicted octanol–water partition coefficient (Wildman–Crippen LogP) is 3.07. The van der Waals surface area contributed by atoms with Gasteiger partial charge in [0, 0.05) is 11.6 Å². The molecule has 0 amide bonds. The van der Waals surface area contributed by atoms with Crippen LogP contribution in [0.25, 0.3) is 16.7 Å². The summed E-state index contributed by atoms with van der Waals surface area (Å²) in [5, 5.41) is 6.03. The summed E-state index contributed by atoms with van der Waals surface area (Å²) in [6, 6.07) is 11.7.